The number of hydrogen-bond donors (Lipinski definition) is 0. The van der Waals surface area contributed by atoms with Crippen molar-refractivity contribution in [3.8, 4) is 5.75 Å². The van der Waals surface area contributed by atoms with Crippen molar-refractivity contribution in [3.05, 3.63) is 28.2 Å². The Hall–Kier alpha value is -0.210. The lowest BCUT2D eigenvalue weighted by atomic mass is 10.2. The highest BCUT2D eigenvalue weighted by Gasteiger charge is 2.21. The van der Waals surface area contributed by atoms with E-state index in [0.717, 1.165) is 28.3 Å². The van der Waals surface area contributed by atoms with Crippen LogP contribution in [0.2, 0.25) is 0 Å². The van der Waals surface area contributed by atoms with E-state index in [4.69, 9.17) is 16.3 Å². The molecule has 3 heteroatoms. The molecule has 0 spiro atoms. The van der Waals surface area contributed by atoms with Gasteiger partial charge in [0.1, 0.15) is 5.75 Å². The van der Waals surface area contributed by atoms with Gasteiger partial charge in [0.2, 0.25) is 0 Å². The molecule has 0 heterocycles. The fourth-order valence-corrected chi connectivity index (χ4v) is 2.01. The molecule has 76 valence electrons. The SMILES string of the molecule is ClCc1cc(OCC2CC2)ccc1Br. The standard InChI is InChI=1S/C11H12BrClO/c12-11-4-3-10(5-9(11)6-13)14-7-8-1-2-8/h3-5,8H,1-2,6-7H2. The fourth-order valence-electron chi connectivity index (χ4n) is 1.24. The zero-order valence-electron chi connectivity index (χ0n) is 7.80. The molecular formula is C11H12BrClO. The number of rotatable bonds is 4. The highest BCUT2D eigenvalue weighted by atomic mass is 79.9. The minimum absolute atomic E-state index is 0.515. The molecule has 0 N–H and O–H groups in total. The molecule has 1 aliphatic carbocycles. The molecule has 1 aromatic carbocycles. The third kappa shape index (κ3) is 2.64. The van der Waals surface area contributed by atoms with Crippen LogP contribution in [0.3, 0.4) is 0 Å². The van der Waals surface area contributed by atoms with Gasteiger partial charge in [-0.05, 0) is 42.5 Å². The van der Waals surface area contributed by atoms with Crippen LogP contribution in [0.15, 0.2) is 22.7 Å². The van der Waals surface area contributed by atoms with E-state index in [0.29, 0.717) is 5.88 Å². The van der Waals surface area contributed by atoms with Gasteiger partial charge in [-0.15, -0.1) is 11.6 Å². The highest BCUT2D eigenvalue weighted by Crippen LogP contribution is 2.30. The summed E-state index contributed by atoms with van der Waals surface area (Å²) in [6.45, 7) is 0.851. The second-order valence-electron chi connectivity index (χ2n) is 3.64. The zero-order chi connectivity index (χ0) is 9.97. The van der Waals surface area contributed by atoms with Crippen molar-refractivity contribution in [1.29, 1.82) is 0 Å². The molecule has 0 atom stereocenters. The minimum atomic E-state index is 0.515. The van der Waals surface area contributed by atoms with Gasteiger partial charge >= 0.3 is 0 Å². The van der Waals surface area contributed by atoms with E-state index < -0.39 is 0 Å². The average molecular weight is 276 g/mol. The molecule has 0 bridgehead atoms. The van der Waals surface area contributed by atoms with Crippen molar-refractivity contribution in [2.24, 2.45) is 5.92 Å². The van der Waals surface area contributed by atoms with E-state index in [9.17, 15) is 0 Å². The molecule has 1 nitrogen and oxygen atoms in total. The van der Waals surface area contributed by atoms with Gasteiger partial charge in [-0.1, -0.05) is 15.9 Å². The van der Waals surface area contributed by atoms with Gasteiger partial charge in [0.05, 0.1) is 6.61 Å². The first-order valence-corrected chi connectivity index (χ1v) is 6.09. The molecule has 0 aromatic heterocycles. The number of hydrogen-bond acceptors (Lipinski definition) is 1. The third-order valence-electron chi connectivity index (χ3n) is 2.34. The van der Waals surface area contributed by atoms with E-state index in [1.807, 2.05) is 18.2 Å². The van der Waals surface area contributed by atoms with E-state index in [-0.39, 0.29) is 0 Å². The Kier molecular flexibility index (Phi) is 3.34. The Morgan fingerprint density at radius 2 is 2.21 bits per heavy atom. The number of halogens is 2. The lowest BCUT2D eigenvalue weighted by molar-refractivity contribution is 0.299. The summed E-state index contributed by atoms with van der Waals surface area (Å²) in [5.41, 5.74) is 1.08. The topological polar surface area (TPSA) is 9.23 Å². The first kappa shape index (κ1) is 10.3. The summed E-state index contributed by atoms with van der Waals surface area (Å²) < 4.78 is 6.70. The number of benzene rings is 1. The van der Waals surface area contributed by atoms with E-state index in [2.05, 4.69) is 15.9 Å². The predicted octanol–water partition coefficient (Wildman–Crippen LogP) is 3.98. The van der Waals surface area contributed by atoms with Crippen LogP contribution >= 0.6 is 27.5 Å². The predicted molar refractivity (Wildman–Crippen MR) is 61.9 cm³/mol. The second-order valence-corrected chi connectivity index (χ2v) is 4.76. The van der Waals surface area contributed by atoms with Gasteiger partial charge in [-0.2, -0.15) is 0 Å². The van der Waals surface area contributed by atoms with Crippen LogP contribution in [-0.4, -0.2) is 6.61 Å². The molecular weight excluding hydrogens is 263 g/mol. The number of alkyl halides is 1. The summed E-state index contributed by atoms with van der Waals surface area (Å²) in [6, 6.07) is 5.96. The van der Waals surface area contributed by atoms with Gasteiger partial charge in [0.15, 0.2) is 0 Å². The van der Waals surface area contributed by atoms with Crippen molar-refractivity contribution in [2.75, 3.05) is 6.61 Å². The number of ether oxygens (including phenoxy) is 1. The Bertz CT molecular complexity index is 323. The molecule has 2 rings (SSSR count). The quantitative estimate of drug-likeness (QED) is 0.755. The summed E-state index contributed by atoms with van der Waals surface area (Å²) in [6.07, 6.45) is 2.64. The smallest absolute Gasteiger partial charge is 0.119 e. The average Bonchev–Trinajstić information content (AvgIpc) is 3.00. The lowest BCUT2D eigenvalue weighted by Crippen LogP contribution is -1.99. The van der Waals surface area contributed by atoms with Gasteiger partial charge < -0.3 is 4.74 Å². The maximum Gasteiger partial charge on any atom is 0.119 e. The molecule has 1 fully saturated rings. The van der Waals surface area contributed by atoms with Gasteiger partial charge in [0.25, 0.3) is 0 Å². The first-order valence-electron chi connectivity index (χ1n) is 4.77. The molecule has 14 heavy (non-hydrogen) atoms. The summed E-state index contributed by atoms with van der Waals surface area (Å²) in [5, 5.41) is 0. The molecule has 1 saturated carbocycles. The van der Waals surface area contributed by atoms with E-state index in [1.165, 1.54) is 12.8 Å². The molecule has 0 saturated heterocycles. The van der Waals surface area contributed by atoms with Crippen LogP contribution < -0.4 is 4.74 Å². The largest absolute Gasteiger partial charge is 0.493 e. The fraction of sp³-hybridized carbons (Fsp3) is 0.455. The maximum absolute atomic E-state index is 5.79. The van der Waals surface area contributed by atoms with Crippen LogP contribution in [0, 0.1) is 5.92 Å². The van der Waals surface area contributed by atoms with Crippen LogP contribution in [0.4, 0.5) is 0 Å². The summed E-state index contributed by atoms with van der Waals surface area (Å²) >= 11 is 9.24. The van der Waals surface area contributed by atoms with Crippen LogP contribution in [0.5, 0.6) is 5.75 Å². The Labute approximate surface area is 97.5 Å². The maximum atomic E-state index is 5.79. The van der Waals surface area contributed by atoms with Crippen molar-refractivity contribution in [2.45, 2.75) is 18.7 Å². The van der Waals surface area contributed by atoms with Crippen LogP contribution in [-0.2, 0) is 5.88 Å². The summed E-state index contributed by atoms with van der Waals surface area (Å²) in [4.78, 5) is 0. The lowest BCUT2D eigenvalue weighted by Gasteiger charge is -2.07. The zero-order valence-corrected chi connectivity index (χ0v) is 10.1. The van der Waals surface area contributed by atoms with Crippen molar-refractivity contribution in [3.63, 3.8) is 0 Å². The highest BCUT2D eigenvalue weighted by molar-refractivity contribution is 9.10. The second kappa shape index (κ2) is 4.54. The summed E-state index contributed by atoms with van der Waals surface area (Å²) in [7, 11) is 0. The molecule has 1 aliphatic rings. The Balaban J connectivity index is 2.01. The van der Waals surface area contributed by atoms with Gasteiger partial charge in [0, 0.05) is 10.4 Å². The Morgan fingerprint density at radius 3 is 2.86 bits per heavy atom. The molecule has 0 radical (unpaired) electrons. The Morgan fingerprint density at radius 1 is 1.43 bits per heavy atom. The van der Waals surface area contributed by atoms with Crippen molar-refractivity contribution >= 4 is 27.5 Å². The van der Waals surface area contributed by atoms with Gasteiger partial charge in [-0.25, -0.2) is 0 Å². The molecule has 0 aliphatic heterocycles. The van der Waals surface area contributed by atoms with Crippen LogP contribution in [0.1, 0.15) is 18.4 Å². The normalized spacial score (nSPS) is 15.6. The van der Waals surface area contributed by atoms with Crippen molar-refractivity contribution in [1.82, 2.24) is 0 Å². The first-order chi connectivity index (χ1) is 6.79. The molecule has 0 unspecified atom stereocenters. The molecule has 0 amide bonds. The van der Waals surface area contributed by atoms with Crippen molar-refractivity contribution < 1.29 is 4.74 Å². The minimum Gasteiger partial charge on any atom is -0.493 e. The monoisotopic (exact) mass is 274 g/mol. The summed E-state index contributed by atoms with van der Waals surface area (Å²) in [5.74, 6) is 2.23. The third-order valence-corrected chi connectivity index (χ3v) is 3.41. The van der Waals surface area contributed by atoms with Crippen LogP contribution in [0.25, 0.3) is 0 Å². The van der Waals surface area contributed by atoms with Gasteiger partial charge in [-0.3, -0.25) is 0 Å². The molecule has 1 aromatic rings. The van der Waals surface area contributed by atoms with E-state index >= 15 is 0 Å². The van der Waals surface area contributed by atoms with E-state index in [1.54, 1.807) is 0 Å².